The molecule has 0 saturated carbocycles. The highest BCUT2D eigenvalue weighted by Gasteiger charge is 2.09. The largest absolute Gasteiger partial charge is 0.302 e. The average Bonchev–Trinajstić information content (AvgIpc) is 2.85. The van der Waals surface area contributed by atoms with Gasteiger partial charge in [-0.1, -0.05) is 13.0 Å². The van der Waals surface area contributed by atoms with E-state index >= 15 is 0 Å². The number of halogens is 1. The van der Waals surface area contributed by atoms with Gasteiger partial charge in [0.2, 0.25) is 0 Å². The second-order valence-electron chi connectivity index (χ2n) is 4.07. The van der Waals surface area contributed by atoms with Gasteiger partial charge in [-0.25, -0.2) is 9.97 Å². The Morgan fingerprint density at radius 2 is 2.28 bits per heavy atom. The number of pyridine rings is 1. The lowest BCUT2D eigenvalue weighted by Gasteiger charge is -2.10. The van der Waals surface area contributed by atoms with Crippen molar-refractivity contribution < 1.29 is 0 Å². The second kappa shape index (κ2) is 6.41. The van der Waals surface area contributed by atoms with E-state index in [-0.39, 0.29) is 6.04 Å². The zero-order valence-electron chi connectivity index (χ0n) is 10.5. The Bertz CT molecular complexity index is 512. The van der Waals surface area contributed by atoms with Crippen molar-refractivity contribution in [2.24, 2.45) is 0 Å². The highest BCUT2D eigenvalue weighted by atomic mass is 79.9. The van der Waals surface area contributed by atoms with E-state index in [9.17, 15) is 0 Å². The van der Waals surface area contributed by atoms with E-state index in [4.69, 9.17) is 0 Å². The molecular weight excluding hydrogens is 310 g/mol. The van der Waals surface area contributed by atoms with Gasteiger partial charge in [-0.3, -0.25) is 0 Å². The molecule has 0 saturated heterocycles. The molecule has 5 heteroatoms. The smallest absolute Gasteiger partial charge is 0.109 e. The SMILES string of the molecule is CCc1cnc(C(C)NCc2cccc(Br)n2)s1. The molecule has 2 rings (SSSR count). The fraction of sp³-hybridized carbons (Fsp3) is 0.385. The fourth-order valence-corrected chi connectivity index (χ4v) is 2.84. The van der Waals surface area contributed by atoms with Gasteiger partial charge in [0.1, 0.15) is 9.61 Å². The van der Waals surface area contributed by atoms with Gasteiger partial charge in [0.15, 0.2) is 0 Å². The average molecular weight is 326 g/mol. The summed E-state index contributed by atoms with van der Waals surface area (Å²) in [6.07, 6.45) is 3.02. The lowest BCUT2D eigenvalue weighted by molar-refractivity contribution is 0.564. The molecule has 0 amide bonds. The summed E-state index contributed by atoms with van der Waals surface area (Å²) < 4.78 is 0.872. The van der Waals surface area contributed by atoms with Crippen LogP contribution in [0.3, 0.4) is 0 Å². The number of aryl methyl sites for hydroxylation is 1. The van der Waals surface area contributed by atoms with Crippen molar-refractivity contribution in [1.82, 2.24) is 15.3 Å². The first-order valence-corrected chi connectivity index (χ1v) is 7.59. The van der Waals surface area contributed by atoms with E-state index in [0.717, 1.165) is 28.3 Å². The summed E-state index contributed by atoms with van der Waals surface area (Å²) in [5, 5.41) is 4.59. The predicted octanol–water partition coefficient (Wildman–Crippen LogP) is 3.71. The minimum atomic E-state index is 0.260. The van der Waals surface area contributed by atoms with Gasteiger partial charge in [0, 0.05) is 17.6 Å². The molecule has 0 aromatic carbocycles. The van der Waals surface area contributed by atoms with E-state index in [2.05, 4.69) is 45.1 Å². The first-order valence-electron chi connectivity index (χ1n) is 5.98. The molecule has 1 atom stereocenters. The van der Waals surface area contributed by atoms with E-state index in [1.165, 1.54) is 4.88 Å². The maximum absolute atomic E-state index is 4.44. The van der Waals surface area contributed by atoms with Gasteiger partial charge < -0.3 is 5.32 Å². The van der Waals surface area contributed by atoms with Crippen molar-refractivity contribution in [2.45, 2.75) is 32.9 Å². The molecule has 0 aliphatic carbocycles. The highest BCUT2D eigenvalue weighted by Crippen LogP contribution is 2.20. The monoisotopic (exact) mass is 325 g/mol. The highest BCUT2D eigenvalue weighted by molar-refractivity contribution is 9.10. The van der Waals surface area contributed by atoms with Crippen LogP contribution in [-0.2, 0) is 13.0 Å². The van der Waals surface area contributed by atoms with Gasteiger partial charge in [-0.15, -0.1) is 11.3 Å². The Hall–Kier alpha value is -0.780. The van der Waals surface area contributed by atoms with Crippen LogP contribution < -0.4 is 5.32 Å². The third kappa shape index (κ3) is 3.60. The van der Waals surface area contributed by atoms with Gasteiger partial charge in [0.05, 0.1) is 11.7 Å². The summed E-state index contributed by atoms with van der Waals surface area (Å²) in [6, 6.07) is 6.21. The maximum atomic E-state index is 4.44. The Morgan fingerprint density at radius 1 is 1.44 bits per heavy atom. The summed E-state index contributed by atoms with van der Waals surface area (Å²) in [7, 11) is 0. The summed E-state index contributed by atoms with van der Waals surface area (Å²) in [4.78, 5) is 10.2. The molecule has 1 N–H and O–H groups in total. The van der Waals surface area contributed by atoms with Crippen LogP contribution in [0.4, 0.5) is 0 Å². The van der Waals surface area contributed by atoms with Crippen molar-refractivity contribution in [1.29, 1.82) is 0 Å². The molecule has 18 heavy (non-hydrogen) atoms. The van der Waals surface area contributed by atoms with Crippen LogP contribution in [0.15, 0.2) is 29.0 Å². The first kappa shape index (κ1) is 13.6. The zero-order chi connectivity index (χ0) is 13.0. The van der Waals surface area contributed by atoms with Gasteiger partial charge in [-0.2, -0.15) is 0 Å². The molecule has 3 nitrogen and oxygen atoms in total. The molecule has 2 heterocycles. The van der Waals surface area contributed by atoms with Gasteiger partial charge in [0.25, 0.3) is 0 Å². The Balaban J connectivity index is 1.93. The number of hydrogen-bond donors (Lipinski definition) is 1. The topological polar surface area (TPSA) is 37.8 Å². The van der Waals surface area contributed by atoms with Gasteiger partial charge >= 0.3 is 0 Å². The van der Waals surface area contributed by atoms with Crippen LogP contribution >= 0.6 is 27.3 Å². The Morgan fingerprint density at radius 3 is 2.94 bits per heavy atom. The van der Waals surface area contributed by atoms with Crippen LogP contribution in [-0.4, -0.2) is 9.97 Å². The first-order chi connectivity index (χ1) is 8.69. The standard InChI is InChI=1S/C13H16BrN3S/c1-3-11-8-16-13(18-11)9(2)15-7-10-5-4-6-12(14)17-10/h4-6,8-9,15H,3,7H2,1-2H3. The van der Waals surface area contributed by atoms with Crippen LogP contribution in [0.2, 0.25) is 0 Å². The molecule has 0 bridgehead atoms. The molecule has 0 aliphatic rings. The molecule has 2 aromatic heterocycles. The molecule has 96 valence electrons. The number of rotatable bonds is 5. The van der Waals surface area contributed by atoms with Crippen LogP contribution in [0.25, 0.3) is 0 Å². The predicted molar refractivity (Wildman–Crippen MR) is 78.7 cm³/mol. The van der Waals surface area contributed by atoms with Gasteiger partial charge in [-0.05, 0) is 41.4 Å². The number of aromatic nitrogens is 2. The van der Waals surface area contributed by atoms with Crippen molar-refractivity contribution in [3.63, 3.8) is 0 Å². The molecule has 0 spiro atoms. The van der Waals surface area contributed by atoms with Crippen molar-refractivity contribution in [2.75, 3.05) is 0 Å². The molecule has 1 unspecified atom stereocenters. The summed E-state index contributed by atoms with van der Waals surface area (Å²) in [5.41, 5.74) is 1.03. The quantitative estimate of drug-likeness (QED) is 0.851. The summed E-state index contributed by atoms with van der Waals surface area (Å²) >= 11 is 5.15. The normalized spacial score (nSPS) is 12.6. The Kier molecular flexibility index (Phi) is 4.86. The second-order valence-corrected chi connectivity index (χ2v) is 6.03. The van der Waals surface area contributed by atoms with E-state index < -0.39 is 0 Å². The van der Waals surface area contributed by atoms with E-state index in [1.54, 1.807) is 11.3 Å². The number of hydrogen-bond acceptors (Lipinski definition) is 4. The van der Waals surface area contributed by atoms with Crippen LogP contribution in [0.1, 0.15) is 35.5 Å². The van der Waals surface area contributed by atoms with Crippen LogP contribution in [0, 0.1) is 0 Å². The lowest BCUT2D eigenvalue weighted by Crippen LogP contribution is -2.18. The molecule has 0 aliphatic heterocycles. The molecular formula is C13H16BrN3S. The third-order valence-electron chi connectivity index (χ3n) is 2.65. The van der Waals surface area contributed by atoms with Crippen molar-refractivity contribution in [3.05, 3.63) is 44.6 Å². The van der Waals surface area contributed by atoms with Crippen molar-refractivity contribution >= 4 is 27.3 Å². The molecule has 2 aromatic rings. The summed E-state index contributed by atoms with van der Waals surface area (Å²) in [6.45, 7) is 5.04. The Labute approximate surface area is 120 Å². The number of nitrogens with one attached hydrogen (secondary N) is 1. The molecule has 0 fully saturated rings. The van der Waals surface area contributed by atoms with Crippen LogP contribution in [0.5, 0.6) is 0 Å². The van der Waals surface area contributed by atoms with E-state index in [0.29, 0.717) is 0 Å². The van der Waals surface area contributed by atoms with Crippen molar-refractivity contribution in [3.8, 4) is 0 Å². The lowest BCUT2D eigenvalue weighted by atomic mass is 10.3. The minimum Gasteiger partial charge on any atom is -0.302 e. The number of nitrogens with zero attached hydrogens (tertiary/aromatic N) is 2. The van der Waals surface area contributed by atoms with E-state index in [1.807, 2.05) is 24.4 Å². The zero-order valence-corrected chi connectivity index (χ0v) is 12.9. The molecule has 0 radical (unpaired) electrons. The minimum absolute atomic E-state index is 0.260. The maximum Gasteiger partial charge on any atom is 0.109 e. The fourth-order valence-electron chi connectivity index (χ4n) is 1.58. The summed E-state index contributed by atoms with van der Waals surface area (Å²) in [5.74, 6) is 0. The number of thiazole rings is 1. The third-order valence-corrected chi connectivity index (χ3v) is 4.42.